The number of hydrogen-bond donors (Lipinski definition) is 0. The second kappa shape index (κ2) is 26.5. The van der Waals surface area contributed by atoms with E-state index in [4.69, 9.17) is 34.6 Å². The molecular weight excluding hydrogens is 894 g/mol. The Kier molecular flexibility index (Phi) is 22.2. The minimum absolute atomic E-state index is 0.0857. The van der Waals surface area contributed by atoms with Gasteiger partial charge in [0.25, 0.3) is 23.6 Å². The molecule has 4 amide bonds. The fourth-order valence-corrected chi connectivity index (χ4v) is 8.22. The molecule has 0 saturated carbocycles. The molecule has 8 atom stereocenters. The largest absolute Gasteiger partial charge is 0.451 e. The number of carbonyl (C=O) groups is 8. The third-order valence-corrected chi connectivity index (χ3v) is 12.3. The standard InChI is InChI=1S/C52H74B2N4O12/c1-29(2)23-39-49(63)67-33(9)45(59)55(11)42(26-32(7)8)52(66)70-44(28-36-17-21-38(54)22-18-36)48(62)58(14)40(24-30(3)4)50(64)68-34(10)46(60)56(12)41(25-31(5)6)51(65)69-43(47(61)57(39)13)27-35-15-19-37(53)20-16-35/h15-22,29-34,39-44H,23-28H2,1-14H3/t33-,34-,39+,40+,41+,42+,43-,44-/m1/s1. The Balaban J connectivity index is 2.26. The Labute approximate surface area is 417 Å². The van der Waals surface area contributed by atoms with Gasteiger partial charge < -0.3 is 38.5 Å². The summed E-state index contributed by atoms with van der Waals surface area (Å²) < 4.78 is 23.8. The molecule has 0 N–H and O–H groups in total. The SMILES string of the molecule is [B]c1ccc(C[C@H]2OC(=O)[C@H](CC(C)C)N(C)C(=O)[C@@H](C)OC(=O)[C@H](CC(C)C)N(C)C(=O)[C@@H](Cc3ccc([B])cc3)OC(=O)[C@H](CC(C)C)N(C)C(=O)[C@@H](C)OC(=O)[C@H](CC(C)C)N(C)C2=O)cc1. The normalized spacial score (nSPS) is 24.8. The third-order valence-electron chi connectivity index (χ3n) is 12.3. The summed E-state index contributed by atoms with van der Waals surface area (Å²) >= 11 is 0. The molecule has 1 saturated heterocycles. The van der Waals surface area contributed by atoms with Crippen molar-refractivity contribution in [2.45, 2.75) is 156 Å². The van der Waals surface area contributed by atoms with E-state index in [-0.39, 0.29) is 62.2 Å². The Morgan fingerprint density at radius 1 is 0.400 bits per heavy atom. The van der Waals surface area contributed by atoms with Gasteiger partial charge in [0, 0.05) is 41.0 Å². The maximum atomic E-state index is 14.7. The van der Waals surface area contributed by atoms with Crippen LogP contribution in [0.15, 0.2) is 48.5 Å². The number of nitrogens with zero attached hydrogens (tertiary/aromatic N) is 4. The molecule has 2 aromatic rings. The van der Waals surface area contributed by atoms with Crippen molar-refractivity contribution >= 4 is 74.1 Å². The minimum Gasteiger partial charge on any atom is -0.451 e. The molecule has 3 rings (SSSR count). The van der Waals surface area contributed by atoms with Gasteiger partial charge in [-0.15, -0.1) is 0 Å². The monoisotopic (exact) mass is 969 g/mol. The maximum Gasteiger partial charge on any atom is 0.329 e. The van der Waals surface area contributed by atoms with Crippen LogP contribution in [-0.4, -0.2) is 160 Å². The van der Waals surface area contributed by atoms with Crippen molar-refractivity contribution in [3.63, 3.8) is 0 Å². The summed E-state index contributed by atoms with van der Waals surface area (Å²) in [6.07, 6.45) is -5.93. The van der Waals surface area contributed by atoms with Crippen molar-refractivity contribution in [3.05, 3.63) is 59.7 Å². The van der Waals surface area contributed by atoms with Crippen LogP contribution in [0.5, 0.6) is 0 Å². The first-order valence-corrected chi connectivity index (χ1v) is 24.2. The fourth-order valence-electron chi connectivity index (χ4n) is 8.22. The Morgan fingerprint density at radius 2 is 0.629 bits per heavy atom. The number of benzene rings is 2. The average molecular weight is 969 g/mol. The molecule has 0 unspecified atom stereocenters. The molecule has 1 aliphatic heterocycles. The Morgan fingerprint density at radius 3 is 0.871 bits per heavy atom. The highest BCUT2D eigenvalue weighted by atomic mass is 16.6. The first-order valence-electron chi connectivity index (χ1n) is 24.2. The van der Waals surface area contributed by atoms with Crippen LogP contribution in [0.2, 0.25) is 0 Å². The molecule has 0 aromatic heterocycles. The van der Waals surface area contributed by atoms with Crippen LogP contribution in [0.4, 0.5) is 0 Å². The lowest BCUT2D eigenvalue weighted by Crippen LogP contribution is -2.55. The lowest BCUT2D eigenvalue weighted by Gasteiger charge is -2.35. The topological polar surface area (TPSA) is 186 Å². The second-order valence-electron chi connectivity index (χ2n) is 20.3. The van der Waals surface area contributed by atoms with Crippen LogP contribution < -0.4 is 10.9 Å². The quantitative estimate of drug-likeness (QED) is 0.172. The number of ether oxygens (including phenoxy) is 4. The third kappa shape index (κ3) is 16.7. The molecule has 0 aliphatic carbocycles. The smallest absolute Gasteiger partial charge is 0.329 e. The second-order valence-corrected chi connectivity index (χ2v) is 20.3. The van der Waals surface area contributed by atoms with Gasteiger partial charge in [0.1, 0.15) is 39.9 Å². The highest BCUT2D eigenvalue weighted by molar-refractivity contribution is 6.32. The van der Waals surface area contributed by atoms with E-state index in [1.807, 2.05) is 55.4 Å². The van der Waals surface area contributed by atoms with E-state index >= 15 is 0 Å². The van der Waals surface area contributed by atoms with Gasteiger partial charge in [0.05, 0.1) is 0 Å². The number of cyclic esters (lactones) is 4. The van der Waals surface area contributed by atoms with Crippen molar-refractivity contribution in [3.8, 4) is 0 Å². The predicted octanol–water partition coefficient (Wildman–Crippen LogP) is 3.25. The van der Waals surface area contributed by atoms with E-state index < -0.39 is 96.1 Å². The molecule has 70 heavy (non-hydrogen) atoms. The molecule has 4 radical (unpaired) electrons. The molecule has 0 spiro atoms. The Bertz CT molecular complexity index is 1970. The van der Waals surface area contributed by atoms with Gasteiger partial charge in [-0.3, -0.25) is 19.2 Å². The lowest BCUT2D eigenvalue weighted by atomic mass is 9.94. The van der Waals surface area contributed by atoms with Crippen LogP contribution in [0.3, 0.4) is 0 Å². The molecule has 1 fully saturated rings. The van der Waals surface area contributed by atoms with Crippen LogP contribution in [0.25, 0.3) is 0 Å². The number of amides is 4. The summed E-state index contributed by atoms with van der Waals surface area (Å²) in [6, 6.07) is 8.09. The Hall–Kier alpha value is -5.67. The molecule has 18 heteroatoms. The summed E-state index contributed by atoms with van der Waals surface area (Å²) in [5, 5.41) is 0. The molecule has 0 bridgehead atoms. The maximum absolute atomic E-state index is 14.7. The van der Waals surface area contributed by atoms with Crippen molar-refractivity contribution in [2.75, 3.05) is 28.2 Å². The van der Waals surface area contributed by atoms with E-state index in [1.165, 1.54) is 42.0 Å². The van der Waals surface area contributed by atoms with E-state index in [0.29, 0.717) is 22.1 Å². The number of rotatable bonds is 12. The zero-order chi connectivity index (χ0) is 52.9. The van der Waals surface area contributed by atoms with Gasteiger partial charge >= 0.3 is 23.9 Å². The molecular formula is C52H74B2N4O12. The van der Waals surface area contributed by atoms with Crippen LogP contribution in [-0.2, 0) is 70.1 Å². The highest BCUT2D eigenvalue weighted by Gasteiger charge is 2.43. The van der Waals surface area contributed by atoms with Gasteiger partial charge in [-0.05, 0) is 74.3 Å². The zero-order valence-corrected chi connectivity index (χ0v) is 43.6. The molecule has 16 nitrogen and oxygen atoms in total. The van der Waals surface area contributed by atoms with Crippen molar-refractivity contribution in [1.82, 2.24) is 19.6 Å². The predicted molar refractivity (Wildman–Crippen MR) is 266 cm³/mol. The van der Waals surface area contributed by atoms with Gasteiger partial charge in [-0.25, -0.2) is 19.2 Å². The first kappa shape index (κ1) is 58.6. The molecule has 1 aliphatic rings. The van der Waals surface area contributed by atoms with Gasteiger partial charge in [-0.1, -0.05) is 115 Å². The fraction of sp³-hybridized carbons (Fsp3) is 0.615. The van der Waals surface area contributed by atoms with Gasteiger partial charge in [0.2, 0.25) is 0 Å². The number of carbonyl (C=O) groups excluding carboxylic acids is 8. The van der Waals surface area contributed by atoms with E-state index in [0.717, 1.165) is 19.6 Å². The van der Waals surface area contributed by atoms with Crippen molar-refractivity contribution in [2.24, 2.45) is 23.7 Å². The van der Waals surface area contributed by atoms with Crippen LogP contribution in [0.1, 0.15) is 106 Å². The first-order chi connectivity index (χ1) is 32.6. The number of esters is 4. The molecule has 2 aromatic carbocycles. The number of hydrogen-bond acceptors (Lipinski definition) is 12. The van der Waals surface area contributed by atoms with Crippen molar-refractivity contribution < 1.29 is 57.3 Å². The van der Waals surface area contributed by atoms with E-state index in [2.05, 4.69) is 0 Å². The zero-order valence-electron chi connectivity index (χ0n) is 43.6. The van der Waals surface area contributed by atoms with E-state index in [9.17, 15) is 38.4 Å². The van der Waals surface area contributed by atoms with Gasteiger partial charge in [0.15, 0.2) is 24.4 Å². The summed E-state index contributed by atoms with van der Waals surface area (Å²) in [4.78, 5) is 120. The molecule has 1 heterocycles. The summed E-state index contributed by atoms with van der Waals surface area (Å²) in [6.45, 7) is 17.4. The number of likely N-dealkylation sites (N-methyl/N-ethyl adjacent to an activating group) is 4. The van der Waals surface area contributed by atoms with E-state index in [1.54, 1.807) is 48.5 Å². The van der Waals surface area contributed by atoms with Crippen LogP contribution >= 0.6 is 0 Å². The van der Waals surface area contributed by atoms with Gasteiger partial charge in [-0.2, -0.15) is 0 Å². The summed E-state index contributed by atoms with van der Waals surface area (Å²) in [5.41, 5.74) is 2.06. The average Bonchev–Trinajstić information content (AvgIpc) is 3.29. The minimum atomic E-state index is -1.52. The lowest BCUT2D eigenvalue weighted by molar-refractivity contribution is -0.176. The summed E-state index contributed by atoms with van der Waals surface area (Å²) in [7, 11) is 17.4. The molecule has 380 valence electrons. The van der Waals surface area contributed by atoms with Crippen LogP contribution in [0, 0.1) is 23.7 Å². The van der Waals surface area contributed by atoms with Crippen molar-refractivity contribution in [1.29, 1.82) is 0 Å². The highest BCUT2D eigenvalue weighted by Crippen LogP contribution is 2.24. The summed E-state index contributed by atoms with van der Waals surface area (Å²) in [5.74, 6) is -7.45.